The molecule has 13 rings (SSSR count). The second kappa shape index (κ2) is 15.5. The summed E-state index contributed by atoms with van der Waals surface area (Å²) in [5, 5.41) is 12.3. The van der Waals surface area contributed by atoms with E-state index in [2.05, 4.69) is 264 Å². The van der Waals surface area contributed by atoms with Crippen LogP contribution < -0.4 is 4.90 Å². The number of fused-ring (bicyclic) bond motifs is 7. The number of hydrogen-bond donors (Lipinski definition) is 0. The lowest BCUT2D eigenvalue weighted by atomic mass is 9.86. The summed E-state index contributed by atoms with van der Waals surface area (Å²) < 4.78 is 2.39. The first-order valence-corrected chi connectivity index (χ1v) is 22.8. The molecule has 1 heterocycles. The monoisotopic (exact) mass is 838 g/mol. The van der Waals surface area contributed by atoms with Crippen LogP contribution in [-0.2, 0) is 0 Å². The Hall–Kier alpha value is -8.72. The zero-order valence-corrected chi connectivity index (χ0v) is 36.1. The first-order chi connectivity index (χ1) is 32.8. The average Bonchev–Trinajstić information content (AvgIpc) is 3.72. The van der Waals surface area contributed by atoms with Gasteiger partial charge >= 0.3 is 0 Å². The van der Waals surface area contributed by atoms with Gasteiger partial charge in [0.15, 0.2) is 0 Å². The molecule has 0 N–H and O–H groups in total. The van der Waals surface area contributed by atoms with Gasteiger partial charge in [-0.25, -0.2) is 0 Å². The van der Waals surface area contributed by atoms with Gasteiger partial charge in [-0.3, -0.25) is 0 Å². The Bertz CT molecular complexity index is 3920. The van der Waals surface area contributed by atoms with E-state index in [4.69, 9.17) is 0 Å². The Morgan fingerprint density at radius 2 is 0.788 bits per heavy atom. The molecule has 0 bridgehead atoms. The van der Waals surface area contributed by atoms with Crippen molar-refractivity contribution in [2.75, 3.05) is 4.90 Å². The zero-order chi connectivity index (χ0) is 43.6. The quantitative estimate of drug-likeness (QED) is 0.145. The molecule has 0 saturated carbocycles. The van der Waals surface area contributed by atoms with Gasteiger partial charge in [-0.05, 0) is 132 Å². The molecule has 2 heteroatoms. The third kappa shape index (κ3) is 6.11. The van der Waals surface area contributed by atoms with Crippen LogP contribution in [0.25, 0.3) is 104 Å². The summed E-state index contributed by atoms with van der Waals surface area (Å²) in [7, 11) is 0. The summed E-state index contributed by atoms with van der Waals surface area (Å²) in [5.41, 5.74) is 14.2. The van der Waals surface area contributed by atoms with E-state index in [9.17, 15) is 0 Å². The maximum atomic E-state index is 2.46. The summed E-state index contributed by atoms with van der Waals surface area (Å²) in [5.74, 6) is 0. The summed E-state index contributed by atoms with van der Waals surface area (Å²) in [6.07, 6.45) is 0. The van der Waals surface area contributed by atoms with E-state index in [0.29, 0.717) is 0 Å². The van der Waals surface area contributed by atoms with Crippen molar-refractivity contribution < 1.29 is 0 Å². The second-order valence-electron chi connectivity index (χ2n) is 17.2. The SMILES string of the molecule is c1ccc(-c2c3ccccc3c(-c3ccc(N(c4ccc5c(c4)c4ccccc4n5-c4ccccc4)c4cccc5c(-c6ccc7ccccc7c6)cccc45)cc3)c3ccccc23)cc1. The van der Waals surface area contributed by atoms with Crippen molar-refractivity contribution in [1.82, 2.24) is 4.57 Å². The molecular formula is C64H42N2. The van der Waals surface area contributed by atoms with Crippen molar-refractivity contribution in [2.24, 2.45) is 0 Å². The molecule has 308 valence electrons. The summed E-state index contributed by atoms with van der Waals surface area (Å²) >= 11 is 0. The topological polar surface area (TPSA) is 8.17 Å². The molecule has 0 aliphatic carbocycles. The van der Waals surface area contributed by atoms with Gasteiger partial charge < -0.3 is 9.47 Å². The normalized spacial score (nSPS) is 11.6. The predicted molar refractivity (Wildman–Crippen MR) is 282 cm³/mol. The minimum Gasteiger partial charge on any atom is -0.310 e. The highest BCUT2D eigenvalue weighted by atomic mass is 15.1. The van der Waals surface area contributed by atoms with E-state index in [1.807, 2.05) is 0 Å². The van der Waals surface area contributed by atoms with E-state index in [1.54, 1.807) is 0 Å². The van der Waals surface area contributed by atoms with E-state index in [1.165, 1.54) is 98.3 Å². The summed E-state index contributed by atoms with van der Waals surface area (Å²) in [6.45, 7) is 0. The van der Waals surface area contributed by atoms with Crippen LogP contribution in [0.3, 0.4) is 0 Å². The third-order valence-electron chi connectivity index (χ3n) is 13.5. The average molecular weight is 839 g/mol. The Balaban J connectivity index is 1.03. The molecular weight excluding hydrogens is 797 g/mol. The lowest BCUT2D eigenvalue weighted by molar-refractivity contribution is 1.18. The fourth-order valence-corrected chi connectivity index (χ4v) is 10.6. The molecule has 0 fully saturated rings. The van der Waals surface area contributed by atoms with Crippen LogP contribution in [-0.4, -0.2) is 4.57 Å². The maximum Gasteiger partial charge on any atom is 0.0542 e. The van der Waals surface area contributed by atoms with Crippen molar-refractivity contribution in [1.29, 1.82) is 0 Å². The van der Waals surface area contributed by atoms with Gasteiger partial charge in [0.2, 0.25) is 0 Å². The van der Waals surface area contributed by atoms with Crippen LogP contribution >= 0.6 is 0 Å². The minimum atomic E-state index is 1.09. The highest BCUT2D eigenvalue weighted by Crippen LogP contribution is 2.47. The van der Waals surface area contributed by atoms with Gasteiger partial charge in [-0.2, -0.15) is 0 Å². The Kier molecular flexibility index (Phi) is 8.89. The highest BCUT2D eigenvalue weighted by Gasteiger charge is 2.21. The van der Waals surface area contributed by atoms with Gasteiger partial charge in [-0.15, -0.1) is 0 Å². The third-order valence-corrected chi connectivity index (χ3v) is 13.5. The lowest BCUT2D eigenvalue weighted by Crippen LogP contribution is -2.10. The van der Waals surface area contributed by atoms with Crippen molar-refractivity contribution >= 4 is 82.0 Å². The molecule has 1 aromatic heterocycles. The number of anilines is 3. The first-order valence-electron chi connectivity index (χ1n) is 22.8. The van der Waals surface area contributed by atoms with Crippen molar-refractivity contribution in [3.05, 3.63) is 255 Å². The Morgan fingerprint density at radius 3 is 1.50 bits per heavy atom. The van der Waals surface area contributed by atoms with Crippen LogP contribution in [0, 0.1) is 0 Å². The molecule has 0 atom stereocenters. The molecule has 0 saturated heterocycles. The predicted octanol–water partition coefficient (Wildman–Crippen LogP) is 17.9. The summed E-state index contributed by atoms with van der Waals surface area (Å²) in [4.78, 5) is 2.46. The van der Waals surface area contributed by atoms with Crippen LogP contribution in [0.15, 0.2) is 255 Å². The van der Waals surface area contributed by atoms with Gasteiger partial charge in [0.05, 0.1) is 16.7 Å². The van der Waals surface area contributed by atoms with Crippen LogP contribution in [0.4, 0.5) is 17.1 Å². The van der Waals surface area contributed by atoms with E-state index >= 15 is 0 Å². The lowest BCUT2D eigenvalue weighted by Gasteiger charge is -2.28. The Labute approximate surface area is 383 Å². The number of nitrogens with zero attached hydrogens (tertiary/aromatic N) is 2. The number of benzene rings is 12. The molecule has 0 spiro atoms. The fraction of sp³-hybridized carbons (Fsp3) is 0. The van der Waals surface area contributed by atoms with Gasteiger partial charge in [0, 0.05) is 33.2 Å². The van der Waals surface area contributed by atoms with E-state index in [0.717, 1.165) is 22.7 Å². The number of hydrogen-bond acceptors (Lipinski definition) is 1. The van der Waals surface area contributed by atoms with Gasteiger partial charge in [0.25, 0.3) is 0 Å². The molecule has 66 heavy (non-hydrogen) atoms. The first kappa shape index (κ1) is 37.8. The molecule has 0 aliphatic heterocycles. The van der Waals surface area contributed by atoms with Crippen LogP contribution in [0.2, 0.25) is 0 Å². The van der Waals surface area contributed by atoms with Crippen molar-refractivity contribution in [3.8, 4) is 39.1 Å². The number of rotatable bonds is 7. The van der Waals surface area contributed by atoms with E-state index in [-0.39, 0.29) is 0 Å². The second-order valence-corrected chi connectivity index (χ2v) is 17.2. The largest absolute Gasteiger partial charge is 0.310 e. The smallest absolute Gasteiger partial charge is 0.0542 e. The van der Waals surface area contributed by atoms with Gasteiger partial charge in [-0.1, -0.05) is 194 Å². The van der Waals surface area contributed by atoms with Crippen molar-refractivity contribution in [2.45, 2.75) is 0 Å². The maximum absolute atomic E-state index is 2.46. The standard InChI is InChI=1S/C64H42N2/c1-3-18-44(19-4-1)63-55-24-9-11-26-57(55)64(58-27-12-10-25-56(58)63)45-35-37-49(38-36-45)65(50-39-40-62-59(42-50)54-23-13-14-31-61(54)66(62)48-21-5-2-6-22-48)60-32-16-29-52-51(28-15-30-53(52)60)47-34-33-43-17-7-8-20-46(43)41-47/h1-42H. The number of para-hydroxylation sites is 2. The minimum absolute atomic E-state index is 1.09. The molecule has 2 nitrogen and oxygen atoms in total. The molecule has 0 aliphatic rings. The zero-order valence-electron chi connectivity index (χ0n) is 36.1. The van der Waals surface area contributed by atoms with E-state index < -0.39 is 0 Å². The molecule has 0 unspecified atom stereocenters. The summed E-state index contributed by atoms with van der Waals surface area (Å²) in [6, 6.07) is 93.3. The molecule has 0 amide bonds. The fourth-order valence-electron chi connectivity index (χ4n) is 10.6. The molecule has 12 aromatic carbocycles. The molecule has 13 aromatic rings. The number of aromatic nitrogens is 1. The Morgan fingerprint density at radius 1 is 0.273 bits per heavy atom. The van der Waals surface area contributed by atoms with Crippen LogP contribution in [0.5, 0.6) is 0 Å². The van der Waals surface area contributed by atoms with Crippen LogP contribution in [0.1, 0.15) is 0 Å². The van der Waals surface area contributed by atoms with Gasteiger partial charge in [0.1, 0.15) is 0 Å². The molecule has 0 radical (unpaired) electrons. The highest BCUT2D eigenvalue weighted by molar-refractivity contribution is 6.21. The van der Waals surface area contributed by atoms with Crippen molar-refractivity contribution in [3.63, 3.8) is 0 Å².